The third-order valence-electron chi connectivity index (χ3n) is 4.29. The zero-order valence-corrected chi connectivity index (χ0v) is 14.3. The number of hydrogen-bond donors (Lipinski definition) is 1. The highest BCUT2D eigenvalue weighted by atomic mass is 16.5. The second-order valence-electron chi connectivity index (χ2n) is 6.47. The molecule has 8 nitrogen and oxygen atoms in total. The van der Waals surface area contributed by atoms with Gasteiger partial charge in [-0.15, -0.1) is 0 Å². The highest BCUT2D eigenvalue weighted by Gasteiger charge is 2.33. The van der Waals surface area contributed by atoms with Crippen molar-refractivity contribution in [3.63, 3.8) is 0 Å². The van der Waals surface area contributed by atoms with Crippen molar-refractivity contribution >= 4 is 16.8 Å². The SMILES string of the molecule is Cc1cc(C(=O)N2C[C@@H](C)O[C@@H](c3nc(C)no3)C2)c2[nH]ncc2c1. The molecule has 2 aromatic heterocycles. The first-order chi connectivity index (χ1) is 12.0. The number of benzene rings is 1. The Morgan fingerprint density at radius 1 is 1.32 bits per heavy atom. The van der Waals surface area contributed by atoms with Crippen LogP contribution in [0.1, 0.15) is 40.7 Å². The van der Waals surface area contributed by atoms with Crippen LogP contribution in [0.4, 0.5) is 0 Å². The number of amides is 1. The molecule has 0 saturated carbocycles. The fraction of sp³-hybridized carbons (Fsp3) is 0.412. The van der Waals surface area contributed by atoms with E-state index in [1.807, 2.05) is 26.0 Å². The molecule has 3 aromatic rings. The maximum Gasteiger partial charge on any atom is 0.257 e. The van der Waals surface area contributed by atoms with Gasteiger partial charge < -0.3 is 14.2 Å². The number of aromatic nitrogens is 4. The lowest BCUT2D eigenvalue weighted by Crippen LogP contribution is -2.46. The number of hydrogen-bond acceptors (Lipinski definition) is 6. The lowest BCUT2D eigenvalue weighted by molar-refractivity contribution is -0.0809. The number of nitrogens with one attached hydrogen (secondary N) is 1. The minimum absolute atomic E-state index is 0.0608. The van der Waals surface area contributed by atoms with E-state index >= 15 is 0 Å². The van der Waals surface area contributed by atoms with Gasteiger partial charge in [0.2, 0.25) is 0 Å². The van der Waals surface area contributed by atoms with Crippen LogP contribution in [0.25, 0.3) is 10.9 Å². The number of aromatic amines is 1. The van der Waals surface area contributed by atoms with Crippen LogP contribution in [0.5, 0.6) is 0 Å². The predicted octanol–water partition coefficient (Wildman–Crippen LogP) is 2.16. The molecule has 1 saturated heterocycles. The number of aryl methyl sites for hydroxylation is 2. The maximum atomic E-state index is 13.1. The van der Waals surface area contributed by atoms with E-state index in [1.165, 1.54) is 0 Å². The summed E-state index contributed by atoms with van der Waals surface area (Å²) < 4.78 is 11.1. The van der Waals surface area contributed by atoms with E-state index in [2.05, 4.69) is 20.3 Å². The average Bonchev–Trinajstić information content (AvgIpc) is 3.21. The normalized spacial score (nSPS) is 21.0. The second kappa shape index (κ2) is 5.96. The average molecular weight is 341 g/mol. The van der Waals surface area contributed by atoms with E-state index in [0.29, 0.717) is 30.4 Å². The van der Waals surface area contributed by atoms with Crippen LogP contribution >= 0.6 is 0 Å². The Morgan fingerprint density at radius 3 is 2.92 bits per heavy atom. The van der Waals surface area contributed by atoms with Gasteiger partial charge in [0.15, 0.2) is 11.9 Å². The molecule has 1 aliphatic heterocycles. The Labute approximate surface area is 144 Å². The van der Waals surface area contributed by atoms with Crippen molar-refractivity contribution < 1.29 is 14.1 Å². The zero-order valence-electron chi connectivity index (χ0n) is 14.3. The zero-order chi connectivity index (χ0) is 17.6. The standard InChI is InChI=1S/C17H19N5O3/c1-9-4-12-6-18-20-15(12)13(5-9)17(23)22-7-10(2)24-14(8-22)16-19-11(3)21-25-16/h4-6,10,14H,7-8H2,1-3H3,(H,18,20)/t10-,14-/m1/s1. The third-order valence-corrected chi connectivity index (χ3v) is 4.29. The summed E-state index contributed by atoms with van der Waals surface area (Å²) in [5.41, 5.74) is 2.38. The van der Waals surface area contributed by atoms with Crippen LogP contribution < -0.4 is 0 Å². The van der Waals surface area contributed by atoms with Crippen LogP contribution in [0.3, 0.4) is 0 Å². The lowest BCUT2D eigenvalue weighted by atomic mass is 10.1. The summed E-state index contributed by atoms with van der Waals surface area (Å²) in [5.74, 6) is 0.889. The van der Waals surface area contributed by atoms with Gasteiger partial charge in [-0.1, -0.05) is 5.16 Å². The molecule has 8 heteroatoms. The van der Waals surface area contributed by atoms with Gasteiger partial charge in [0.1, 0.15) is 0 Å². The van der Waals surface area contributed by atoms with Gasteiger partial charge in [-0.25, -0.2) is 0 Å². The molecule has 1 amide bonds. The first-order valence-corrected chi connectivity index (χ1v) is 8.20. The van der Waals surface area contributed by atoms with Crippen molar-refractivity contribution in [1.29, 1.82) is 0 Å². The number of rotatable bonds is 2. The molecule has 4 rings (SSSR count). The number of H-pyrrole nitrogens is 1. The fourth-order valence-corrected chi connectivity index (χ4v) is 3.24. The fourth-order valence-electron chi connectivity index (χ4n) is 3.24. The van der Waals surface area contributed by atoms with E-state index < -0.39 is 6.10 Å². The Hall–Kier alpha value is -2.74. The highest BCUT2D eigenvalue weighted by Crippen LogP contribution is 2.27. The van der Waals surface area contributed by atoms with Crippen LogP contribution in [0.2, 0.25) is 0 Å². The monoisotopic (exact) mass is 341 g/mol. The molecular formula is C17H19N5O3. The van der Waals surface area contributed by atoms with Gasteiger partial charge in [-0.2, -0.15) is 10.1 Å². The van der Waals surface area contributed by atoms with Crippen molar-refractivity contribution in [2.45, 2.75) is 33.0 Å². The Morgan fingerprint density at radius 2 is 2.16 bits per heavy atom. The van der Waals surface area contributed by atoms with E-state index in [1.54, 1.807) is 18.0 Å². The predicted molar refractivity (Wildman–Crippen MR) is 89.1 cm³/mol. The number of carbonyl (C=O) groups excluding carboxylic acids is 1. The molecule has 130 valence electrons. The largest absolute Gasteiger partial charge is 0.362 e. The van der Waals surface area contributed by atoms with E-state index in [4.69, 9.17) is 9.26 Å². The van der Waals surface area contributed by atoms with Gasteiger partial charge >= 0.3 is 0 Å². The Bertz CT molecular complexity index is 931. The molecule has 1 aliphatic rings. The summed E-state index contributed by atoms with van der Waals surface area (Å²) in [6, 6.07) is 3.89. The van der Waals surface area contributed by atoms with E-state index in [0.717, 1.165) is 16.5 Å². The molecule has 2 atom stereocenters. The number of carbonyl (C=O) groups is 1. The molecular weight excluding hydrogens is 322 g/mol. The minimum atomic E-state index is -0.420. The van der Waals surface area contributed by atoms with Crippen LogP contribution in [-0.4, -0.2) is 50.3 Å². The number of ether oxygens (including phenoxy) is 1. The van der Waals surface area contributed by atoms with Crippen LogP contribution in [0.15, 0.2) is 22.9 Å². The summed E-state index contributed by atoms with van der Waals surface area (Å²) in [4.78, 5) is 19.2. The van der Waals surface area contributed by atoms with Gasteiger partial charge in [-0.05, 0) is 38.5 Å². The molecule has 0 spiro atoms. The number of nitrogens with zero attached hydrogens (tertiary/aromatic N) is 4. The molecule has 0 radical (unpaired) electrons. The van der Waals surface area contributed by atoms with Gasteiger partial charge in [-0.3, -0.25) is 9.89 Å². The molecule has 0 aliphatic carbocycles. The second-order valence-corrected chi connectivity index (χ2v) is 6.47. The van der Waals surface area contributed by atoms with Crippen molar-refractivity contribution in [2.75, 3.05) is 13.1 Å². The summed E-state index contributed by atoms with van der Waals surface area (Å²) in [7, 11) is 0. The molecule has 3 heterocycles. The van der Waals surface area contributed by atoms with Crippen molar-refractivity contribution in [3.05, 3.63) is 41.2 Å². The first-order valence-electron chi connectivity index (χ1n) is 8.20. The van der Waals surface area contributed by atoms with Crippen molar-refractivity contribution in [3.8, 4) is 0 Å². The quantitative estimate of drug-likeness (QED) is 0.767. The van der Waals surface area contributed by atoms with Gasteiger partial charge in [0.25, 0.3) is 11.8 Å². The molecule has 1 fully saturated rings. The van der Waals surface area contributed by atoms with E-state index in [9.17, 15) is 4.79 Å². The van der Waals surface area contributed by atoms with Crippen molar-refractivity contribution in [1.82, 2.24) is 25.2 Å². The summed E-state index contributed by atoms with van der Waals surface area (Å²) in [5, 5.41) is 11.7. The van der Waals surface area contributed by atoms with Gasteiger partial charge in [0, 0.05) is 11.9 Å². The summed E-state index contributed by atoms with van der Waals surface area (Å²) in [6.07, 6.45) is 1.18. The maximum absolute atomic E-state index is 13.1. The van der Waals surface area contributed by atoms with Crippen LogP contribution in [0, 0.1) is 13.8 Å². The molecule has 25 heavy (non-hydrogen) atoms. The summed E-state index contributed by atoms with van der Waals surface area (Å²) >= 11 is 0. The smallest absolute Gasteiger partial charge is 0.257 e. The number of morpholine rings is 1. The first kappa shape index (κ1) is 15.8. The summed E-state index contributed by atoms with van der Waals surface area (Å²) in [6.45, 7) is 6.52. The Balaban J connectivity index is 1.65. The Kier molecular flexibility index (Phi) is 3.76. The molecule has 0 bridgehead atoms. The molecule has 0 unspecified atom stereocenters. The third kappa shape index (κ3) is 2.89. The molecule has 1 N–H and O–H groups in total. The molecule has 1 aromatic carbocycles. The number of fused-ring (bicyclic) bond motifs is 1. The topological polar surface area (TPSA) is 97.1 Å². The minimum Gasteiger partial charge on any atom is -0.362 e. The highest BCUT2D eigenvalue weighted by molar-refractivity contribution is 6.05. The van der Waals surface area contributed by atoms with Crippen LogP contribution in [-0.2, 0) is 4.74 Å². The lowest BCUT2D eigenvalue weighted by Gasteiger charge is -2.35. The van der Waals surface area contributed by atoms with Crippen molar-refractivity contribution in [2.24, 2.45) is 0 Å². The van der Waals surface area contributed by atoms with Gasteiger partial charge in [0.05, 0.1) is 29.9 Å². The van der Waals surface area contributed by atoms with E-state index in [-0.39, 0.29) is 12.0 Å².